The molecule has 22 heavy (non-hydrogen) atoms. The minimum absolute atomic E-state index is 0.594. The Morgan fingerprint density at radius 3 is 2.95 bits per heavy atom. The van der Waals surface area contributed by atoms with Crippen LogP contribution in [-0.4, -0.2) is 15.0 Å². The van der Waals surface area contributed by atoms with Gasteiger partial charge in [0.05, 0.1) is 10.7 Å². The van der Waals surface area contributed by atoms with E-state index < -0.39 is 0 Å². The first kappa shape index (κ1) is 13.7. The summed E-state index contributed by atoms with van der Waals surface area (Å²) < 4.78 is 0. The molecule has 0 radical (unpaired) electrons. The summed E-state index contributed by atoms with van der Waals surface area (Å²) in [7, 11) is 0. The fourth-order valence-corrected chi connectivity index (χ4v) is 3.80. The molecular formula is C16H14N4S2. The molecule has 0 saturated heterocycles. The van der Waals surface area contributed by atoms with Crippen LogP contribution < -0.4 is 5.32 Å². The largest absolute Gasteiger partial charge is 0.324 e. The van der Waals surface area contributed by atoms with Gasteiger partial charge in [-0.1, -0.05) is 6.07 Å². The number of hydrogen-bond acceptors (Lipinski definition) is 6. The number of hydrogen-bond donors (Lipinski definition) is 2. The third-order valence-corrected chi connectivity index (χ3v) is 4.93. The Bertz CT molecular complexity index is 857. The van der Waals surface area contributed by atoms with Gasteiger partial charge in [0.1, 0.15) is 5.69 Å². The topological polar surface area (TPSA) is 50.7 Å². The first-order valence-corrected chi connectivity index (χ1v) is 8.34. The molecule has 1 aliphatic carbocycles. The molecule has 3 aromatic rings. The van der Waals surface area contributed by atoms with Gasteiger partial charge in [-0.15, -0.1) is 24.0 Å². The third kappa shape index (κ3) is 2.48. The highest BCUT2D eigenvalue weighted by atomic mass is 32.1. The minimum atomic E-state index is 0.594. The van der Waals surface area contributed by atoms with Gasteiger partial charge in [0.25, 0.3) is 0 Å². The van der Waals surface area contributed by atoms with Gasteiger partial charge in [0.2, 0.25) is 5.95 Å². The van der Waals surface area contributed by atoms with Gasteiger partial charge in [0, 0.05) is 21.7 Å². The number of thiol groups is 1. The van der Waals surface area contributed by atoms with E-state index in [4.69, 9.17) is 0 Å². The van der Waals surface area contributed by atoms with Crippen molar-refractivity contribution in [3.63, 3.8) is 0 Å². The zero-order valence-electron chi connectivity index (χ0n) is 12.0. The molecular weight excluding hydrogens is 312 g/mol. The second kappa shape index (κ2) is 5.37. The van der Waals surface area contributed by atoms with Crippen LogP contribution >= 0.6 is 24.0 Å². The molecule has 4 rings (SSSR count). The Kier molecular flexibility index (Phi) is 3.35. The number of anilines is 2. The van der Waals surface area contributed by atoms with Crippen molar-refractivity contribution in [2.24, 2.45) is 0 Å². The molecule has 4 nitrogen and oxygen atoms in total. The number of nitrogens with one attached hydrogen (secondary N) is 1. The van der Waals surface area contributed by atoms with Crippen LogP contribution in [0.3, 0.4) is 0 Å². The normalized spacial score (nSPS) is 12.6. The van der Waals surface area contributed by atoms with E-state index in [2.05, 4.69) is 32.9 Å². The van der Waals surface area contributed by atoms with E-state index in [0.717, 1.165) is 39.8 Å². The Morgan fingerprint density at radius 2 is 2.09 bits per heavy atom. The van der Waals surface area contributed by atoms with Gasteiger partial charge >= 0.3 is 0 Å². The number of aromatic nitrogens is 3. The van der Waals surface area contributed by atoms with E-state index >= 15 is 0 Å². The maximum Gasteiger partial charge on any atom is 0.227 e. The monoisotopic (exact) mass is 326 g/mol. The number of nitrogens with zero attached hydrogens (tertiary/aromatic N) is 3. The smallest absolute Gasteiger partial charge is 0.227 e. The van der Waals surface area contributed by atoms with Gasteiger partial charge in [-0.25, -0.2) is 15.0 Å². The standard InChI is InChI=1S/C16H14N4S2/c1-9-18-15-13(22-9)6-5-10-8-17-16(20-14(10)15)19-11-3-2-4-12(21)7-11/h2-4,7-8,21H,5-6H2,1H3,(H,17,19,20). The number of benzene rings is 1. The number of rotatable bonds is 2. The summed E-state index contributed by atoms with van der Waals surface area (Å²) in [5, 5.41) is 4.33. The fraction of sp³-hybridized carbons (Fsp3) is 0.188. The lowest BCUT2D eigenvalue weighted by Crippen LogP contribution is -2.07. The van der Waals surface area contributed by atoms with Crippen molar-refractivity contribution >= 4 is 35.6 Å². The summed E-state index contributed by atoms with van der Waals surface area (Å²) in [6, 6.07) is 7.81. The number of thiazole rings is 1. The summed E-state index contributed by atoms with van der Waals surface area (Å²) in [6.45, 7) is 2.04. The van der Waals surface area contributed by atoms with Crippen LogP contribution in [0.25, 0.3) is 11.4 Å². The number of fused-ring (bicyclic) bond motifs is 3. The van der Waals surface area contributed by atoms with Crippen LogP contribution in [0.15, 0.2) is 35.4 Å². The lowest BCUT2D eigenvalue weighted by atomic mass is 10.00. The van der Waals surface area contributed by atoms with E-state index in [0.29, 0.717) is 5.95 Å². The molecule has 0 unspecified atom stereocenters. The van der Waals surface area contributed by atoms with Crippen molar-refractivity contribution in [3.8, 4) is 11.4 Å². The highest BCUT2D eigenvalue weighted by molar-refractivity contribution is 7.80. The van der Waals surface area contributed by atoms with Crippen molar-refractivity contribution < 1.29 is 0 Å². The molecule has 2 heterocycles. The first-order valence-electron chi connectivity index (χ1n) is 7.08. The lowest BCUT2D eigenvalue weighted by Gasteiger charge is -2.15. The molecule has 0 saturated carbocycles. The predicted octanol–water partition coefficient (Wildman–Crippen LogP) is 4.04. The average molecular weight is 326 g/mol. The van der Waals surface area contributed by atoms with E-state index in [1.807, 2.05) is 37.4 Å². The van der Waals surface area contributed by atoms with Crippen molar-refractivity contribution in [1.29, 1.82) is 0 Å². The van der Waals surface area contributed by atoms with Crippen molar-refractivity contribution in [3.05, 3.63) is 45.9 Å². The molecule has 1 N–H and O–H groups in total. The highest BCUT2D eigenvalue weighted by Crippen LogP contribution is 2.35. The first-order chi connectivity index (χ1) is 10.7. The fourth-order valence-electron chi connectivity index (χ4n) is 2.64. The molecule has 1 aliphatic rings. The van der Waals surface area contributed by atoms with E-state index in [9.17, 15) is 0 Å². The van der Waals surface area contributed by atoms with Crippen LogP contribution in [-0.2, 0) is 12.8 Å². The molecule has 6 heteroatoms. The van der Waals surface area contributed by atoms with E-state index in [1.165, 1.54) is 10.4 Å². The molecule has 1 aromatic carbocycles. The van der Waals surface area contributed by atoms with Crippen molar-refractivity contribution in [2.45, 2.75) is 24.7 Å². The van der Waals surface area contributed by atoms with Gasteiger partial charge in [-0.2, -0.15) is 0 Å². The quantitative estimate of drug-likeness (QED) is 0.698. The van der Waals surface area contributed by atoms with Gasteiger partial charge < -0.3 is 5.32 Å². The van der Waals surface area contributed by atoms with Crippen LogP contribution in [0, 0.1) is 6.92 Å². The predicted molar refractivity (Wildman–Crippen MR) is 92.3 cm³/mol. The molecule has 0 aliphatic heterocycles. The Morgan fingerprint density at radius 1 is 1.18 bits per heavy atom. The highest BCUT2D eigenvalue weighted by Gasteiger charge is 2.22. The SMILES string of the molecule is Cc1nc2c(s1)CCc1cnc(Nc3cccc(S)c3)nc1-2. The second-order valence-corrected chi connectivity index (χ2v) is 7.05. The summed E-state index contributed by atoms with van der Waals surface area (Å²) in [5.74, 6) is 0.594. The summed E-state index contributed by atoms with van der Waals surface area (Å²) in [5.41, 5.74) is 4.09. The molecule has 110 valence electrons. The molecule has 2 aromatic heterocycles. The molecule has 0 fully saturated rings. The molecule has 0 bridgehead atoms. The van der Waals surface area contributed by atoms with E-state index in [-0.39, 0.29) is 0 Å². The molecule has 0 amide bonds. The molecule has 0 spiro atoms. The van der Waals surface area contributed by atoms with E-state index in [1.54, 1.807) is 11.3 Å². The Hall–Kier alpha value is -1.92. The summed E-state index contributed by atoms with van der Waals surface area (Å²) in [6.07, 6.45) is 3.93. The summed E-state index contributed by atoms with van der Waals surface area (Å²) in [4.78, 5) is 16.0. The van der Waals surface area contributed by atoms with Crippen LogP contribution in [0.5, 0.6) is 0 Å². The lowest BCUT2D eigenvalue weighted by molar-refractivity contribution is 0.921. The minimum Gasteiger partial charge on any atom is -0.324 e. The Balaban J connectivity index is 1.72. The molecule has 0 atom stereocenters. The number of aryl methyl sites for hydroxylation is 3. The van der Waals surface area contributed by atoms with Crippen molar-refractivity contribution in [1.82, 2.24) is 15.0 Å². The Labute approximate surface area is 138 Å². The zero-order chi connectivity index (χ0) is 15.1. The third-order valence-electron chi connectivity index (χ3n) is 3.62. The maximum atomic E-state index is 4.69. The zero-order valence-corrected chi connectivity index (χ0v) is 13.7. The maximum absolute atomic E-state index is 4.69. The summed E-state index contributed by atoms with van der Waals surface area (Å²) >= 11 is 6.11. The van der Waals surface area contributed by atoms with Gasteiger partial charge in [-0.05, 0) is 43.5 Å². The van der Waals surface area contributed by atoms with Gasteiger partial charge in [0.15, 0.2) is 0 Å². The van der Waals surface area contributed by atoms with Crippen LogP contribution in [0.2, 0.25) is 0 Å². The average Bonchev–Trinajstić information content (AvgIpc) is 2.88. The van der Waals surface area contributed by atoms with Crippen LogP contribution in [0.1, 0.15) is 15.4 Å². The van der Waals surface area contributed by atoms with Crippen molar-refractivity contribution in [2.75, 3.05) is 5.32 Å². The van der Waals surface area contributed by atoms with Gasteiger partial charge in [-0.3, -0.25) is 0 Å². The second-order valence-electron chi connectivity index (χ2n) is 5.25. The van der Waals surface area contributed by atoms with Crippen LogP contribution in [0.4, 0.5) is 11.6 Å².